The van der Waals surface area contributed by atoms with Crippen LogP contribution in [0.4, 0.5) is 17.5 Å². The Morgan fingerprint density at radius 1 is 1.03 bits per heavy atom. The molecule has 0 spiro atoms. The number of furan rings is 1. The molecule has 3 aromatic rings. The first-order valence-corrected chi connectivity index (χ1v) is 10.8. The van der Waals surface area contributed by atoms with Crippen LogP contribution in [0.25, 0.3) is 11.5 Å². The van der Waals surface area contributed by atoms with Crippen LogP contribution in [0.3, 0.4) is 0 Å². The van der Waals surface area contributed by atoms with Crippen molar-refractivity contribution in [2.24, 2.45) is 5.92 Å². The minimum Gasteiger partial charge on any atom is -0.463 e. The highest BCUT2D eigenvalue weighted by molar-refractivity contribution is 5.92. The predicted octanol–water partition coefficient (Wildman–Crippen LogP) is 2.22. The van der Waals surface area contributed by atoms with Gasteiger partial charge in [-0.05, 0) is 37.1 Å². The fourth-order valence-electron chi connectivity index (χ4n) is 4.06. The van der Waals surface area contributed by atoms with Crippen molar-refractivity contribution in [3.05, 3.63) is 42.9 Å². The lowest BCUT2D eigenvalue weighted by molar-refractivity contribution is -0.120. The number of nitrogens with one attached hydrogen (secondary N) is 1. The van der Waals surface area contributed by atoms with E-state index in [0.717, 1.165) is 44.1 Å². The minimum atomic E-state index is -0.155. The summed E-state index contributed by atoms with van der Waals surface area (Å²) in [5, 5.41) is 11.6. The summed E-state index contributed by atoms with van der Waals surface area (Å²) in [5.41, 5.74) is 0.685. The topological polar surface area (TPSA) is 110 Å². The van der Waals surface area contributed by atoms with E-state index < -0.39 is 0 Å². The molecule has 5 heterocycles. The molecule has 1 unspecified atom stereocenters. The van der Waals surface area contributed by atoms with Crippen molar-refractivity contribution in [3.8, 4) is 11.5 Å². The van der Waals surface area contributed by atoms with Gasteiger partial charge in [0.1, 0.15) is 23.7 Å². The summed E-state index contributed by atoms with van der Waals surface area (Å²) >= 11 is 0. The number of hydrogen-bond acceptors (Lipinski definition) is 9. The molecule has 0 saturated carbocycles. The minimum absolute atomic E-state index is 0.0403. The summed E-state index contributed by atoms with van der Waals surface area (Å²) in [5.74, 6) is 2.57. The van der Waals surface area contributed by atoms with E-state index in [-0.39, 0.29) is 11.8 Å². The molecule has 0 aromatic carbocycles. The van der Waals surface area contributed by atoms with E-state index in [1.165, 1.54) is 6.33 Å². The Bertz CT molecular complexity index is 1040. The molecule has 1 N–H and O–H groups in total. The number of piperidine rings is 1. The van der Waals surface area contributed by atoms with E-state index in [1.54, 1.807) is 6.26 Å². The van der Waals surface area contributed by atoms with E-state index >= 15 is 0 Å². The number of amides is 1. The summed E-state index contributed by atoms with van der Waals surface area (Å²) in [6.07, 6.45) is 4.83. The summed E-state index contributed by atoms with van der Waals surface area (Å²) in [6, 6.07) is 9.30. The van der Waals surface area contributed by atoms with Gasteiger partial charge in [0.25, 0.3) is 0 Å². The van der Waals surface area contributed by atoms with Gasteiger partial charge in [0, 0.05) is 32.2 Å². The Morgan fingerprint density at radius 3 is 2.72 bits per heavy atom. The van der Waals surface area contributed by atoms with Gasteiger partial charge in [-0.3, -0.25) is 4.79 Å². The van der Waals surface area contributed by atoms with Crippen molar-refractivity contribution in [1.82, 2.24) is 20.2 Å². The third-order valence-electron chi connectivity index (χ3n) is 5.78. The molecule has 0 radical (unpaired) electrons. The Kier molecular flexibility index (Phi) is 5.93. The van der Waals surface area contributed by atoms with E-state index in [2.05, 4.69) is 35.3 Å². The molecule has 166 valence electrons. The number of carbonyl (C=O) groups excluding carboxylic acids is 1. The zero-order valence-electron chi connectivity index (χ0n) is 17.7. The van der Waals surface area contributed by atoms with Gasteiger partial charge in [0.15, 0.2) is 11.6 Å². The van der Waals surface area contributed by atoms with Crippen molar-refractivity contribution in [2.45, 2.75) is 12.8 Å². The highest BCUT2D eigenvalue weighted by atomic mass is 16.5. The first-order chi connectivity index (χ1) is 15.8. The van der Waals surface area contributed by atoms with Crippen LogP contribution in [-0.2, 0) is 9.53 Å². The molecule has 10 heteroatoms. The molecule has 2 aliphatic rings. The van der Waals surface area contributed by atoms with Crippen LogP contribution in [0.1, 0.15) is 12.8 Å². The monoisotopic (exact) mass is 435 g/mol. The Labute approximate surface area is 185 Å². The number of hydrogen-bond donors (Lipinski definition) is 1. The molecular formula is C22H25N7O3. The summed E-state index contributed by atoms with van der Waals surface area (Å²) in [6.45, 7) is 4.34. The lowest BCUT2D eigenvalue weighted by atomic mass is 9.97. The van der Waals surface area contributed by atoms with E-state index in [0.29, 0.717) is 37.0 Å². The maximum Gasteiger partial charge on any atom is 0.230 e. The number of ether oxygens (including phenoxy) is 1. The largest absolute Gasteiger partial charge is 0.463 e. The second-order valence-electron chi connectivity index (χ2n) is 7.89. The maximum absolute atomic E-state index is 13.0. The van der Waals surface area contributed by atoms with Gasteiger partial charge < -0.3 is 24.3 Å². The normalized spacial score (nSPS) is 19.1. The second kappa shape index (κ2) is 9.31. The maximum atomic E-state index is 13.0. The summed E-state index contributed by atoms with van der Waals surface area (Å²) in [4.78, 5) is 25.8. The molecular weight excluding hydrogens is 410 g/mol. The number of anilines is 3. The Balaban J connectivity index is 1.22. The Hall–Kier alpha value is -3.53. The quantitative estimate of drug-likeness (QED) is 0.645. The third-order valence-corrected chi connectivity index (χ3v) is 5.78. The SMILES string of the molecule is O=C(Nc1cc(N2CCOCC2)ncn1)C1CCCN(c2ccc(-c3ccco3)nn2)C1. The highest BCUT2D eigenvalue weighted by Gasteiger charge is 2.27. The lowest BCUT2D eigenvalue weighted by Gasteiger charge is -2.32. The molecule has 5 rings (SSSR count). The van der Waals surface area contributed by atoms with E-state index in [4.69, 9.17) is 9.15 Å². The molecule has 1 amide bonds. The molecule has 2 fully saturated rings. The summed E-state index contributed by atoms with van der Waals surface area (Å²) < 4.78 is 10.8. The molecule has 0 bridgehead atoms. The number of carbonyl (C=O) groups is 1. The van der Waals surface area contributed by atoms with Crippen molar-refractivity contribution in [1.29, 1.82) is 0 Å². The average Bonchev–Trinajstić information content (AvgIpc) is 3.40. The standard InChI is InChI=1S/C22H25N7O3/c30-22(25-19-13-21(24-15-23-19)28-8-11-31-12-9-28)16-3-1-7-29(14-16)20-6-5-17(26-27-20)18-4-2-10-32-18/h2,4-6,10,13,15-16H,1,3,7-9,11-12,14H2,(H,23,24,25,30). The molecule has 32 heavy (non-hydrogen) atoms. The van der Waals surface area contributed by atoms with Crippen LogP contribution in [0.2, 0.25) is 0 Å². The second-order valence-corrected chi connectivity index (χ2v) is 7.89. The molecule has 3 aromatic heterocycles. The Morgan fingerprint density at radius 2 is 1.94 bits per heavy atom. The van der Waals surface area contributed by atoms with Crippen LogP contribution < -0.4 is 15.1 Å². The van der Waals surface area contributed by atoms with E-state index in [9.17, 15) is 4.79 Å². The van der Waals surface area contributed by atoms with Gasteiger partial charge in [-0.1, -0.05) is 0 Å². The molecule has 2 aliphatic heterocycles. The van der Waals surface area contributed by atoms with Crippen molar-refractivity contribution >= 4 is 23.4 Å². The van der Waals surface area contributed by atoms with Crippen molar-refractivity contribution < 1.29 is 13.9 Å². The fourth-order valence-corrected chi connectivity index (χ4v) is 4.06. The first-order valence-electron chi connectivity index (χ1n) is 10.8. The van der Waals surface area contributed by atoms with Gasteiger partial charge in [0.05, 0.1) is 25.4 Å². The lowest BCUT2D eigenvalue weighted by Crippen LogP contribution is -2.41. The van der Waals surface area contributed by atoms with Gasteiger partial charge in [-0.25, -0.2) is 9.97 Å². The van der Waals surface area contributed by atoms with Crippen molar-refractivity contribution in [2.75, 3.05) is 54.5 Å². The van der Waals surface area contributed by atoms with Crippen LogP contribution >= 0.6 is 0 Å². The fraction of sp³-hybridized carbons (Fsp3) is 0.409. The van der Waals surface area contributed by atoms with Gasteiger partial charge in [-0.15, -0.1) is 10.2 Å². The number of aromatic nitrogens is 4. The molecule has 2 saturated heterocycles. The molecule has 10 nitrogen and oxygen atoms in total. The zero-order chi connectivity index (χ0) is 21.8. The zero-order valence-corrected chi connectivity index (χ0v) is 17.7. The molecule has 0 aliphatic carbocycles. The van der Waals surface area contributed by atoms with Gasteiger partial charge in [-0.2, -0.15) is 0 Å². The van der Waals surface area contributed by atoms with E-state index in [1.807, 2.05) is 30.3 Å². The van der Waals surface area contributed by atoms with Crippen molar-refractivity contribution in [3.63, 3.8) is 0 Å². The van der Waals surface area contributed by atoms with Crippen LogP contribution in [0, 0.1) is 5.92 Å². The van der Waals surface area contributed by atoms with Gasteiger partial charge in [0.2, 0.25) is 5.91 Å². The number of morpholine rings is 1. The van der Waals surface area contributed by atoms with Crippen LogP contribution in [0.5, 0.6) is 0 Å². The first kappa shape index (κ1) is 20.4. The average molecular weight is 435 g/mol. The van der Waals surface area contributed by atoms with Crippen LogP contribution in [-0.4, -0.2) is 65.5 Å². The highest BCUT2D eigenvalue weighted by Crippen LogP contribution is 2.25. The van der Waals surface area contributed by atoms with Crippen LogP contribution in [0.15, 0.2) is 47.3 Å². The number of nitrogens with zero attached hydrogens (tertiary/aromatic N) is 6. The smallest absolute Gasteiger partial charge is 0.230 e. The molecule has 1 atom stereocenters. The third kappa shape index (κ3) is 4.54. The summed E-state index contributed by atoms with van der Waals surface area (Å²) in [7, 11) is 0. The predicted molar refractivity (Wildman–Crippen MR) is 118 cm³/mol. The van der Waals surface area contributed by atoms with Gasteiger partial charge >= 0.3 is 0 Å². The number of rotatable bonds is 5.